The number of hydrogen-bond donors (Lipinski definition) is 0. The SMILES string of the molecule is COC(=O)c1ccc2c(c1C)C(=O)CC2. The number of ether oxygens (including phenoxy) is 1. The molecule has 78 valence electrons. The van der Waals surface area contributed by atoms with E-state index in [1.54, 1.807) is 13.0 Å². The van der Waals surface area contributed by atoms with E-state index in [2.05, 4.69) is 4.74 Å². The number of fused-ring (bicyclic) bond motifs is 1. The number of esters is 1. The van der Waals surface area contributed by atoms with Gasteiger partial charge in [0, 0.05) is 12.0 Å². The predicted molar refractivity (Wildman–Crippen MR) is 55.2 cm³/mol. The molecule has 0 saturated heterocycles. The fourth-order valence-corrected chi connectivity index (χ4v) is 2.07. The lowest BCUT2D eigenvalue weighted by Gasteiger charge is -2.07. The molecule has 3 heteroatoms. The van der Waals surface area contributed by atoms with Crippen LogP contribution in [0, 0.1) is 6.92 Å². The first kappa shape index (κ1) is 9.90. The van der Waals surface area contributed by atoms with Crippen LogP contribution >= 0.6 is 0 Å². The first-order valence-electron chi connectivity index (χ1n) is 4.89. The van der Waals surface area contributed by atoms with Crippen LogP contribution in [0.25, 0.3) is 0 Å². The van der Waals surface area contributed by atoms with Crippen molar-refractivity contribution in [3.8, 4) is 0 Å². The summed E-state index contributed by atoms with van der Waals surface area (Å²) in [4.78, 5) is 23.0. The third-order valence-corrected chi connectivity index (χ3v) is 2.86. The van der Waals surface area contributed by atoms with Gasteiger partial charge in [-0.3, -0.25) is 4.79 Å². The molecule has 0 heterocycles. The molecule has 0 fully saturated rings. The highest BCUT2D eigenvalue weighted by Crippen LogP contribution is 2.27. The Labute approximate surface area is 88.1 Å². The lowest BCUT2D eigenvalue weighted by atomic mass is 9.98. The monoisotopic (exact) mass is 204 g/mol. The van der Waals surface area contributed by atoms with Crippen LogP contribution in [0.3, 0.4) is 0 Å². The standard InChI is InChI=1S/C12H12O3/c1-7-9(12(14)15-2)5-3-8-4-6-10(13)11(7)8/h3,5H,4,6H2,1-2H3. The average molecular weight is 204 g/mol. The van der Waals surface area contributed by atoms with Crippen molar-refractivity contribution in [2.45, 2.75) is 19.8 Å². The summed E-state index contributed by atoms with van der Waals surface area (Å²) in [5, 5.41) is 0. The van der Waals surface area contributed by atoms with Crippen LogP contribution in [0.15, 0.2) is 12.1 Å². The minimum atomic E-state index is -0.380. The van der Waals surface area contributed by atoms with E-state index in [1.807, 2.05) is 6.07 Å². The van der Waals surface area contributed by atoms with Gasteiger partial charge in [-0.15, -0.1) is 0 Å². The third kappa shape index (κ3) is 1.44. The summed E-state index contributed by atoms with van der Waals surface area (Å²) < 4.78 is 4.66. The Morgan fingerprint density at radius 2 is 2.07 bits per heavy atom. The van der Waals surface area contributed by atoms with Crippen LogP contribution in [0.1, 0.15) is 38.3 Å². The molecule has 0 aromatic heterocycles. The van der Waals surface area contributed by atoms with Crippen molar-refractivity contribution in [1.29, 1.82) is 0 Å². The van der Waals surface area contributed by atoms with Crippen molar-refractivity contribution in [2.24, 2.45) is 0 Å². The van der Waals surface area contributed by atoms with Crippen molar-refractivity contribution in [3.63, 3.8) is 0 Å². The summed E-state index contributed by atoms with van der Waals surface area (Å²) in [5.74, 6) is -0.247. The number of aryl methyl sites for hydroxylation is 1. The molecule has 1 aliphatic carbocycles. The zero-order valence-corrected chi connectivity index (χ0v) is 8.79. The van der Waals surface area contributed by atoms with Gasteiger partial charge in [0.1, 0.15) is 0 Å². The van der Waals surface area contributed by atoms with Crippen molar-refractivity contribution >= 4 is 11.8 Å². The molecule has 0 spiro atoms. The number of benzene rings is 1. The molecule has 1 aromatic carbocycles. The van der Waals surface area contributed by atoms with E-state index in [1.165, 1.54) is 7.11 Å². The summed E-state index contributed by atoms with van der Waals surface area (Å²) in [6.45, 7) is 1.80. The van der Waals surface area contributed by atoms with Crippen molar-refractivity contribution < 1.29 is 14.3 Å². The summed E-state index contributed by atoms with van der Waals surface area (Å²) in [5.41, 5.74) is 3.01. The highest BCUT2D eigenvalue weighted by molar-refractivity contribution is 6.04. The molecule has 0 aliphatic heterocycles. The van der Waals surface area contributed by atoms with Gasteiger partial charge in [-0.1, -0.05) is 6.07 Å². The van der Waals surface area contributed by atoms with Crippen LogP contribution < -0.4 is 0 Å². The number of carbonyl (C=O) groups is 2. The molecule has 0 bridgehead atoms. The molecule has 0 radical (unpaired) electrons. The van der Waals surface area contributed by atoms with Crippen molar-refractivity contribution in [3.05, 3.63) is 34.4 Å². The number of hydrogen-bond acceptors (Lipinski definition) is 3. The second kappa shape index (κ2) is 3.50. The second-order valence-corrected chi connectivity index (χ2v) is 3.69. The Morgan fingerprint density at radius 3 is 2.73 bits per heavy atom. The van der Waals surface area contributed by atoms with Crippen LogP contribution in [0.2, 0.25) is 0 Å². The molecule has 0 amide bonds. The van der Waals surface area contributed by atoms with E-state index in [0.29, 0.717) is 12.0 Å². The molecule has 0 unspecified atom stereocenters. The topological polar surface area (TPSA) is 43.4 Å². The molecule has 15 heavy (non-hydrogen) atoms. The Balaban J connectivity index is 2.58. The Bertz CT molecular complexity index is 446. The van der Waals surface area contributed by atoms with Gasteiger partial charge >= 0.3 is 5.97 Å². The maximum atomic E-state index is 11.6. The molecule has 0 atom stereocenters. The molecule has 0 saturated carbocycles. The van der Waals surface area contributed by atoms with Crippen LogP contribution in [-0.4, -0.2) is 18.9 Å². The van der Waals surface area contributed by atoms with Crippen LogP contribution in [0.5, 0.6) is 0 Å². The molecule has 0 N–H and O–H groups in total. The third-order valence-electron chi connectivity index (χ3n) is 2.86. The normalized spacial score (nSPS) is 13.9. The quantitative estimate of drug-likeness (QED) is 0.656. The van der Waals surface area contributed by atoms with E-state index in [4.69, 9.17) is 0 Å². The average Bonchev–Trinajstić information content (AvgIpc) is 2.61. The summed E-state index contributed by atoms with van der Waals surface area (Å²) in [7, 11) is 1.34. The predicted octanol–water partition coefficient (Wildman–Crippen LogP) is 1.91. The first-order chi connectivity index (χ1) is 7.15. The smallest absolute Gasteiger partial charge is 0.338 e. The fraction of sp³-hybridized carbons (Fsp3) is 0.333. The zero-order valence-electron chi connectivity index (χ0n) is 8.79. The molecule has 1 aromatic rings. The largest absolute Gasteiger partial charge is 0.465 e. The molecular weight excluding hydrogens is 192 g/mol. The lowest BCUT2D eigenvalue weighted by Crippen LogP contribution is -2.07. The second-order valence-electron chi connectivity index (χ2n) is 3.69. The van der Waals surface area contributed by atoms with Crippen molar-refractivity contribution in [1.82, 2.24) is 0 Å². The van der Waals surface area contributed by atoms with Gasteiger partial charge in [-0.25, -0.2) is 4.79 Å². The molecule has 3 nitrogen and oxygen atoms in total. The van der Waals surface area contributed by atoms with Gasteiger partial charge in [0.25, 0.3) is 0 Å². The van der Waals surface area contributed by atoms with E-state index >= 15 is 0 Å². The van der Waals surface area contributed by atoms with Crippen LogP contribution in [0.4, 0.5) is 0 Å². The van der Waals surface area contributed by atoms with E-state index in [-0.39, 0.29) is 11.8 Å². The Morgan fingerprint density at radius 1 is 1.33 bits per heavy atom. The van der Waals surface area contributed by atoms with Gasteiger partial charge in [0.05, 0.1) is 12.7 Å². The van der Waals surface area contributed by atoms with Gasteiger partial charge in [-0.05, 0) is 30.5 Å². The summed E-state index contributed by atoms with van der Waals surface area (Å²) >= 11 is 0. The van der Waals surface area contributed by atoms with Gasteiger partial charge < -0.3 is 4.74 Å². The maximum Gasteiger partial charge on any atom is 0.338 e. The number of rotatable bonds is 1. The van der Waals surface area contributed by atoms with Gasteiger partial charge in [0.15, 0.2) is 5.78 Å². The Kier molecular flexibility index (Phi) is 2.31. The van der Waals surface area contributed by atoms with Gasteiger partial charge in [0.2, 0.25) is 0 Å². The first-order valence-corrected chi connectivity index (χ1v) is 4.89. The fourth-order valence-electron chi connectivity index (χ4n) is 2.07. The Hall–Kier alpha value is -1.64. The maximum absolute atomic E-state index is 11.6. The number of carbonyl (C=O) groups excluding carboxylic acids is 2. The minimum Gasteiger partial charge on any atom is -0.465 e. The highest BCUT2D eigenvalue weighted by atomic mass is 16.5. The summed E-state index contributed by atoms with van der Waals surface area (Å²) in [6.07, 6.45) is 1.34. The molecule has 1 aliphatic rings. The van der Waals surface area contributed by atoms with E-state index in [9.17, 15) is 9.59 Å². The lowest BCUT2D eigenvalue weighted by molar-refractivity contribution is 0.0600. The van der Waals surface area contributed by atoms with Crippen LogP contribution in [-0.2, 0) is 11.2 Å². The highest BCUT2D eigenvalue weighted by Gasteiger charge is 2.24. The minimum absolute atomic E-state index is 0.133. The zero-order chi connectivity index (χ0) is 11.0. The number of ketones is 1. The molecular formula is C12H12O3. The van der Waals surface area contributed by atoms with Gasteiger partial charge in [-0.2, -0.15) is 0 Å². The molecule has 2 rings (SSSR count). The van der Waals surface area contributed by atoms with E-state index in [0.717, 1.165) is 23.1 Å². The number of methoxy groups -OCH3 is 1. The van der Waals surface area contributed by atoms with E-state index < -0.39 is 0 Å². The van der Waals surface area contributed by atoms with Crippen molar-refractivity contribution in [2.75, 3.05) is 7.11 Å². The summed E-state index contributed by atoms with van der Waals surface area (Å²) in [6, 6.07) is 3.58. The number of Topliss-reactive ketones (excluding diaryl/α,β-unsaturated/α-hetero) is 1.